The second-order valence-electron chi connectivity index (χ2n) is 15.2. The van der Waals surface area contributed by atoms with Crippen LogP contribution in [-0.2, 0) is 5.41 Å². The summed E-state index contributed by atoms with van der Waals surface area (Å²) >= 11 is 0. The molecule has 1 spiro atoms. The molecule has 0 bridgehead atoms. The fourth-order valence-electron chi connectivity index (χ4n) is 9.95. The van der Waals surface area contributed by atoms with E-state index in [1.54, 1.807) is 0 Å². The van der Waals surface area contributed by atoms with Crippen molar-refractivity contribution >= 4 is 21.7 Å². The van der Waals surface area contributed by atoms with Gasteiger partial charge in [-0.2, -0.15) is 0 Å². The third-order valence-electron chi connectivity index (χ3n) is 12.4. The molecule has 2 aliphatic carbocycles. The van der Waals surface area contributed by atoms with Crippen LogP contribution in [0.1, 0.15) is 22.3 Å². The van der Waals surface area contributed by atoms with Gasteiger partial charge < -0.3 is 0 Å². The highest BCUT2D eigenvalue weighted by molar-refractivity contribution is 6.06. The average Bonchev–Trinajstić information content (AvgIpc) is 3.76. The Balaban J connectivity index is 0.987. The van der Waals surface area contributed by atoms with E-state index in [1.807, 2.05) is 30.5 Å². The lowest BCUT2D eigenvalue weighted by Crippen LogP contribution is -2.25. The van der Waals surface area contributed by atoms with E-state index in [-0.39, 0.29) is 5.41 Å². The van der Waals surface area contributed by atoms with Gasteiger partial charge in [0, 0.05) is 11.6 Å². The van der Waals surface area contributed by atoms with E-state index in [2.05, 4.69) is 181 Å². The van der Waals surface area contributed by atoms with Crippen molar-refractivity contribution in [3.8, 4) is 67.0 Å². The molecule has 2 aliphatic rings. The Morgan fingerprint density at radius 1 is 0.298 bits per heavy atom. The molecule has 0 aliphatic heterocycles. The van der Waals surface area contributed by atoms with Gasteiger partial charge in [-0.25, -0.2) is 4.98 Å². The van der Waals surface area contributed by atoms with Gasteiger partial charge in [0.2, 0.25) is 0 Å². The van der Waals surface area contributed by atoms with Gasteiger partial charge in [-0.3, -0.25) is 4.98 Å². The molecule has 8 aromatic carbocycles. The molecule has 12 rings (SSSR count). The maximum Gasteiger partial charge on any atom is 0.0900 e. The van der Waals surface area contributed by atoms with Crippen LogP contribution < -0.4 is 0 Å². The van der Waals surface area contributed by atoms with Crippen molar-refractivity contribution in [3.63, 3.8) is 0 Å². The largest absolute Gasteiger partial charge is 0.255 e. The van der Waals surface area contributed by atoms with Gasteiger partial charge in [0.05, 0.1) is 22.3 Å². The maximum atomic E-state index is 4.97. The first-order valence-corrected chi connectivity index (χ1v) is 19.7. The maximum absolute atomic E-state index is 4.97. The zero-order valence-corrected chi connectivity index (χ0v) is 31.0. The number of hydrogen-bond donors (Lipinski definition) is 0. The monoisotopic (exact) mass is 722 g/mol. The topological polar surface area (TPSA) is 25.8 Å². The summed E-state index contributed by atoms with van der Waals surface area (Å²) in [6.07, 6.45) is 1.82. The van der Waals surface area contributed by atoms with Crippen molar-refractivity contribution in [2.75, 3.05) is 0 Å². The summed E-state index contributed by atoms with van der Waals surface area (Å²) in [5.41, 5.74) is 20.3. The van der Waals surface area contributed by atoms with Crippen LogP contribution in [0, 0.1) is 0 Å². The SMILES string of the molecule is c1ccc(-c2cc(-c3ccc(-c4ccc(-c5ccc6c(c5)C5(c7ccccc7-c7ccccc75)c5ccccc5-6)c5ccccc45)cc3)c3ccccc3n2)nc1. The van der Waals surface area contributed by atoms with Crippen LogP contribution >= 0.6 is 0 Å². The standard InChI is InChI=1S/C55H34N2/c1-2-14-41-39(37-28-29-45-44-17-5-9-21-50(44)55(51(45)33-37)48-19-7-3-15-42(48)43-16-4-8-20-49(43)55)31-30-38(40(41)13-1)35-24-26-36(27-25-35)47-34-54(53-23-11-12-32-56-53)57-52-22-10-6-18-46(47)52/h1-34H. The number of benzene rings is 8. The summed E-state index contributed by atoms with van der Waals surface area (Å²) in [5, 5.41) is 3.61. The first-order valence-electron chi connectivity index (χ1n) is 19.7. The molecular weight excluding hydrogens is 689 g/mol. The minimum absolute atomic E-state index is 0.370. The molecule has 10 aromatic rings. The predicted octanol–water partition coefficient (Wildman–Crippen LogP) is 13.8. The molecule has 2 heterocycles. The van der Waals surface area contributed by atoms with Crippen LogP contribution in [-0.4, -0.2) is 9.97 Å². The number of fused-ring (bicyclic) bond motifs is 12. The molecule has 0 amide bonds. The predicted molar refractivity (Wildman–Crippen MR) is 235 cm³/mol. The van der Waals surface area contributed by atoms with Gasteiger partial charge in [0.15, 0.2) is 0 Å². The number of aromatic nitrogens is 2. The molecular formula is C55H34N2. The normalized spacial score (nSPS) is 13.1. The molecule has 0 saturated heterocycles. The van der Waals surface area contributed by atoms with E-state index in [4.69, 9.17) is 4.98 Å². The first kappa shape index (κ1) is 31.9. The van der Waals surface area contributed by atoms with E-state index in [0.717, 1.165) is 33.4 Å². The van der Waals surface area contributed by atoms with Gasteiger partial charge >= 0.3 is 0 Å². The Labute approximate surface area is 331 Å². The highest BCUT2D eigenvalue weighted by Crippen LogP contribution is 2.63. The van der Waals surface area contributed by atoms with Gasteiger partial charge in [-0.05, 0) is 119 Å². The van der Waals surface area contributed by atoms with Gasteiger partial charge in [0.1, 0.15) is 0 Å². The molecule has 0 N–H and O–H groups in total. The minimum atomic E-state index is -0.370. The molecule has 0 unspecified atom stereocenters. The zero-order chi connectivity index (χ0) is 37.5. The molecule has 2 heteroatoms. The molecule has 0 radical (unpaired) electrons. The lowest BCUT2D eigenvalue weighted by molar-refractivity contribution is 0.794. The van der Waals surface area contributed by atoms with E-state index in [0.29, 0.717) is 0 Å². The van der Waals surface area contributed by atoms with Crippen molar-refractivity contribution in [2.24, 2.45) is 0 Å². The first-order chi connectivity index (χ1) is 28.3. The Morgan fingerprint density at radius 3 is 1.39 bits per heavy atom. The molecule has 2 nitrogen and oxygen atoms in total. The van der Waals surface area contributed by atoms with E-state index in [9.17, 15) is 0 Å². The lowest BCUT2D eigenvalue weighted by atomic mass is 9.70. The van der Waals surface area contributed by atoms with E-state index >= 15 is 0 Å². The average molecular weight is 723 g/mol. The molecule has 0 atom stereocenters. The lowest BCUT2D eigenvalue weighted by Gasteiger charge is -2.30. The van der Waals surface area contributed by atoms with Crippen LogP contribution in [0.15, 0.2) is 206 Å². The van der Waals surface area contributed by atoms with Crippen molar-refractivity contribution in [2.45, 2.75) is 5.41 Å². The summed E-state index contributed by atoms with van der Waals surface area (Å²) in [4.78, 5) is 9.57. The minimum Gasteiger partial charge on any atom is -0.255 e. The van der Waals surface area contributed by atoms with Gasteiger partial charge in [-0.15, -0.1) is 0 Å². The summed E-state index contributed by atoms with van der Waals surface area (Å²) in [6, 6.07) is 73.3. The van der Waals surface area contributed by atoms with Crippen molar-refractivity contribution < 1.29 is 0 Å². The van der Waals surface area contributed by atoms with Crippen LogP contribution in [0.5, 0.6) is 0 Å². The fourth-order valence-corrected chi connectivity index (χ4v) is 9.95. The van der Waals surface area contributed by atoms with Crippen LogP contribution in [0.3, 0.4) is 0 Å². The highest BCUT2D eigenvalue weighted by atomic mass is 14.8. The molecule has 0 saturated carbocycles. The summed E-state index contributed by atoms with van der Waals surface area (Å²) in [7, 11) is 0. The van der Waals surface area contributed by atoms with Crippen molar-refractivity contribution in [3.05, 3.63) is 229 Å². The molecule has 2 aromatic heterocycles. The van der Waals surface area contributed by atoms with Crippen molar-refractivity contribution in [1.82, 2.24) is 9.97 Å². The number of para-hydroxylation sites is 1. The fraction of sp³-hybridized carbons (Fsp3) is 0.0182. The van der Waals surface area contributed by atoms with Crippen LogP contribution in [0.4, 0.5) is 0 Å². The zero-order valence-electron chi connectivity index (χ0n) is 31.0. The second-order valence-corrected chi connectivity index (χ2v) is 15.2. The van der Waals surface area contributed by atoms with Crippen LogP contribution in [0.25, 0.3) is 88.7 Å². The quantitative estimate of drug-likeness (QED) is 0.181. The summed E-state index contributed by atoms with van der Waals surface area (Å²) in [5.74, 6) is 0. The van der Waals surface area contributed by atoms with Gasteiger partial charge in [-0.1, -0.05) is 170 Å². The molecule has 0 fully saturated rings. The third-order valence-corrected chi connectivity index (χ3v) is 12.4. The van der Waals surface area contributed by atoms with Crippen molar-refractivity contribution in [1.29, 1.82) is 0 Å². The summed E-state index contributed by atoms with van der Waals surface area (Å²) < 4.78 is 0. The van der Waals surface area contributed by atoms with Gasteiger partial charge in [0.25, 0.3) is 0 Å². The smallest absolute Gasteiger partial charge is 0.0900 e. The van der Waals surface area contributed by atoms with E-state index < -0.39 is 0 Å². The molecule has 57 heavy (non-hydrogen) atoms. The second kappa shape index (κ2) is 12.3. The Kier molecular flexibility index (Phi) is 6.88. The number of nitrogens with zero attached hydrogens (tertiary/aromatic N) is 2. The molecule has 264 valence electrons. The number of pyridine rings is 2. The van der Waals surface area contributed by atoms with Crippen LogP contribution in [0.2, 0.25) is 0 Å². The number of rotatable bonds is 4. The third kappa shape index (κ3) is 4.59. The summed E-state index contributed by atoms with van der Waals surface area (Å²) in [6.45, 7) is 0. The highest BCUT2D eigenvalue weighted by Gasteiger charge is 2.51. The Morgan fingerprint density at radius 2 is 0.772 bits per heavy atom. The Bertz CT molecular complexity index is 3170. The number of hydrogen-bond acceptors (Lipinski definition) is 2. The van der Waals surface area contributed by atoms with E-state index in [1.165, 1.54) is 77.5 Å². The Hall–Kier alpha value is -7.42.